The number of nitrogens with one attached hydrogen (secondary N) is 2. The van der Waals surface area contributed by atoms with Crippen molar-refractivity contribution in [3.05, 3.63) is 89.5 Å². The molecule has 1 saturated heterocycles. The molecular formula is C25H25N3O2. The standard InChI is InChI=1S/C25H25N3O2/c1-18-5-4-6-22(17-18)27-25(30)20-9-7-19(8-10-20)24(29)26-21-11-13-23(14-12-21)28-15-2-3-16-28/h4-14,17H,2-3,15-16H2,1H3,(H,26,29)(H,27,30). The van der Waals surface area contributed by atoms with Crippen LogP contribution in [0.5, 0.6) is 0 Å². The predicted molar refractivity (Wildman–Crippen MR) is 121 cm³/mol. The molecule has 0 aromatic heterocycles. The second-order valence-corrected chi connectivity index (χ2v) is 7.60. The molecule has 2 N–H and O–H groups in total. The van der Waals surface area contributed by atoms with Gasteiger partial charge in [0.05, 0.1) is 0 Å². The van der Waals surface area contributed by atoms with Gasteiger partial charge in [0, 0.05) is 41.3 Å². The van der Waals surface area contributed by atoms with Crippen molar-refractivity contribution in [1.82, 2.24) is 0 Å². The van der Waals surface area contributed by atoms with Gasteiger partial charge in [-0.05, 0) is 86.0 Å². The molecule has 1 fully saturated rings. The van der Waals surface area contributed by atoms with E-state index in [0.29, 0.717) is 11.1 Å². The second kappa shape index (κ2) is 8.82. The number of carbonyl (C=O) groups is 2. The zero-order chi connectivity index (χ0) is 20.9. The summed E-state index contributed by atoms with van der Waals surface area (Å²) < 4.78 is 0. The molecule has 1 aliphatic rings. The number of amides is 2. The van der Waals surface area contributed by atoms with Crippen molar-refractivity contribution in [3.63, 3.8) is 0 Å². The van der Waals surface area contributed by atoms with Gasteiger partial charge in [-0.1, -0.05) is 12.1 Å². The van der Waals surface area contributed by atoms with Gasteiger partial charge in [-0.3, -0.25) is 9.59 Å². The smallest absolute Gasteiger partial charge is 0.255 e. The highest BCUT2D eigenvalue weighted by molar-refractivity contribution is 6.07. The first-order valence-corrected chi connectivity index (χ1v) is 10.2. The zero-order valence-electron chi connectivity index (χ0n) is 17.0. The summed E-state index contributed by atoms with van der Waals surface area (Å²) >= 11 is 0. The quantitative estimate of drug-likeness (QED) is 0.627. The van der Waals surface area contributed by atoms with Crippen LogP contribution < -0.4 is 15.5 Å². The summed E-state index contributed by atoms with van der Waals surface area (Å²) in [5.74, 6) is -0.403. The maximum Gasteiger partial charge on any atom is 0.255 e. The third-order valence-electron chi connectivity index (χ3n) is 5.28. The van der Waals surface area contributed by atoms with Crippen molar-refractivity contribution in [2.75, 3.05) is 28.6 Å². The van der Waals surface area contributed by atoms with Gasteiger partial charge in [0.1, 0.15) is 0 Å². The fourth-order valence-electron chi connectivity index (χ4n) is 3.63. The van der Waals surface area contributed by atoms with E-state index in [0.717, 1.165) is 30.0 Å². The molecule has 152 valence electrons. The van der Waals surface area contributed by atoms with Crippen LogP contribution in [0.25, 0.3) is 0 Å². The number of aryl methyl sites for hydroxylation is 1. The molecule has 5 nitrogen and oxygen atoms in total. The van der Waals surface area contributed by atoms with E-state index in [1.165, 1.54) is 18.5 Å². The fraction of sp³-hybridized carbons (Fsp3) is 0.200. The lowest BCUT2D eigenvalue weighted by atomic mass is 10.1. The first-order valence-electron chi connectivity index (χ1n) is 10.2. The first kappa shape index (κ1) is 19.7. The van der Waals surface area contributed by atoms with Crippen LogP contribution in [-0.4, -0.2) is 24.9 Å². The molecule has 1 aliphatic heterocycles. The SMILES string of the molecule is Cc1cccc(NC(=O)c2ccc(C(=O)Nc3ccc(N4CCCC4)cc3)cc2)c1. The van der Waals surface area contributed by atoms with E-state index >= 15 is 0 Å². The largest absolute Gasteiger partial charge is 0.372 e. The molecule has 4 rings (SSSR count). The molecule has 3 aromatic carbocycles. The van der Waals surface area contributed by atoms with Crippen molar-refractivity contribution >= 4 is 28.9 Å². The minimum atomic E-state index is -0.204. The summed E-state index contributed by atoms with van der Waals surface area (Å²) in [5.41, 5.74) is 4.78. The summed E-state index contributed by atoms with van der Waals surface area (Å²) in [6.45, 7) is 4.16. The van der Waals surface area contributed by atoms with Gasteiger partial charge in [0.25, 0.3) is 11.8 Å². The van der Waals surface area contributed by atoms with E-state index in [2.05, 4.69) is 15.5 Å². The topological polar surface area (TPSA) is 61.4 Å². The maximum absolute atomic E-state index is 12.5. The van der Waals surface area contributed by atoms with Crippen molar-refractivity contribution in [2.24, 2.45) is 0 Å². The summed E-state index contributed by atoms with van der Waals surface area (Å²) in [7, 11) is 0. The van der Waals surface area contributed by atoms with Crippen LogP contribution in [0.2, 0.25) is 0 Å². The fourth-order valence-corrected chi connectivity index (χ4v) is 3.63. The van der Waals surface area contributed by atoms with Crippen molar-refractivity contribution in [2.45, 2.75) is 19.8 Å². The Morgan fingerprint density at radius 1 is 0.733 bits per heavy atom. The Labute approximate surface area is 176 Å². The van der Waals surface area contributed by atoms with Crippen LogP contribution >= 0.6 is 0 Å². The summed E-state index contributed by atoms with van der Waals surface area (Å²) in [6.07, 6.45) is 2.47. The van der Waals surface area contributed by atoms with Gasteiger partial charge in [0.15, 0.2) is 0 Å². The average molecular weight is 399 g/mol. The number of hydrogen-bond donors (Lipinski definition) is 2. The van der Waals surface area contributed by atoms with Crippen LogP contribution in [0, 0.1) is 6.92 Å². The lowest BCUT2D eigenvalue weighted by Gasteiger charge is -2.17. The minimum absolute atomic E-state index is 0.199. The van der Waals surface area contributed by atoms with Crippen LogP contribution in [-0.2, 0) is 0 Å². The molecule has 30 heavy (non-hydrogen) atoms. The Kier molecular flexibility index (Phi) is 5.80. The zero-order valence-corrected chi connectivity index (χ0v) is 17.0. The Morgan fingerprint density at radius 2 is 1.30 bits per heavy atom. The molecule has 0 aliphatic carbocycles. The first-order chi connectivity index (χ1) is 14.6. The molecule has 0 atom stereocenters. The minimum Gasteiger partial charge on any atom is -0.372 e. The molecule has 1 heterocycles. The second-order valence-electron chi connectivity index (χ2n) is 7.60. The number of carbonyl (C=O) groups excluding carboxylic acids is 2. The lowest BCUT2D eigenvalue weighted by Crippen LogP contribution is -2.17. The number of nitrogens with zero attached hydrogens (tertiary/aromatic N) is 1. The van der Waals surface area contributed by atoms with Crippen molar-refractivity contribution in [3.8, 4) is 0 Å². The predicted octanol–water partition coefficient (Wildman–Crippen LogP) is 5.10. The van der Waals surface area contributed by atoms with E-state index in [-0.39, 0.29) is 11.8 Å². The number of hydrogen-bond acceptors (Lipinski definition) is 3. The Morgan fingerprint density at radius 3 is 1.87 bits per heavy atom. The highest BCUT2D eigenvalue weighted by Gasteiger charge is 2.13. The Bertz CT molecular complexity index is 1040. The highest BCUT2D eigenvalue weighted by Crippen LogP contribution is 2.22. The van der Waals surface area contributed by atoms with Gasteiger partial charge >= 0.3 is 0 Å². The summed E-state index contributed by atoms with van der Waals surface area (Å²) in [4.78, 5) is 27.3. The number of rotatable bonds is 5. The normalized spacial score (nSPS) is 13.2. The highest BCUT2D eigenvalue weighted by atomic mass is 16.2. The van der Waals surface area contributed by atoms with Crippen LogP contribution in [0.1, 0.15) is 39.1 Å². The third kappa shape index (κ3) is 4.69. The third-order valence-corrected chi connectivity index (χ3v) is 5.28. The van der Waals surface area contributed by atoms with Crippen LogP contribution in [0.15, 0.2) is 72.8 Å². The maximum atomic E-state index is 12.5. The number of benzene rings is 3. The molecule has 2 amide bonds. The molecule has 3 aromatic rings. The van der Waals surface area contributed by atoms with Gasteiger partial charge < -0.3 is 15.5 Å². The van der Waals surface area contributed by atoms with Crippen LogP contribution in [0.4, 0.5) is 17.1 Å². The van der Waals surface area contributed by atoms with E-state index in [1.54, 1.807) is 24.3 Å². The van der Waals surface area contributed by atoms with Crippen LogP contribution in [0.3, 0.4) is 0 Å². The van der Waals surface area contributed by atoms with Gasteiger partial charge in [-0.15, -0.1) is 0 Å². The van der Waals surface area contributed by atoms with E-state index < -0.39 is 0 Å². The van der Waals surface area contributed by atoms with Gasteiger partial charge in [-0.2, -0.15) is 0 Å². The summed E-state index contributed by atoms with van der Waals surface area (Å²) in [5, 5.41) is 5.79. The molecule has 0 spiro atoms. The Hall–Kier alpha value is -3.60. The molecule has 0 saturated carbocycles. The lowest BCUT2D eigenvalue weighted by molar-refractivity contribution is 0.101. The monoisotopic (exact) mass is 399 g/mol. The molecule has 0 radical (unpaired) electrons. The summed E-state index contributed by atoms with van der Waals surface area (Å²) in [6, 6.07) is 22.2. The molecular weight excluding hydrogens is 374 g/mol. The van der Waals surface area contributed by atoms with E-state index in [4.69, 9.17) is 0 Å². The molecule has 0 bridgehead atoms. The molecule has 0 unspecified atom stereocenters. The Balaban J connectivity index is 1.37. The van der Waals surface area contributed by atoms with Crippen molar-refractivity contribution in [1.29, 1.82) is 0 Å². The average Bonchev–Trinajstić information content (AvgIpc) is 3.29. The van der Waals surface area contributed by atoms with Crippen molar-refractivity contribution < 1.29 is 9.59 Å². The van der Waals surface area contributed by atoms with E-state index in [9.17, 15) is 9.59 Å². The number of anilines is 3. The molecule has 5 heteroatoms. The van der Waals surface area contributed by atoms with Gasteiger partial charge in [-0.25, -0.2) is 0 Å². The van der Waals surface area contributed by atoms with E-state index in [1.807, 2.05) is 55.5 Å². The van der Waals surface area contributed by atoms with Gasteiger partial charge in [0.2, 0.25) is 0 Å².